The van der Waals surface area contributed by atoms with Crippen LogP contribution in [-0.4, -0.2) is 56.8 Å². The first-order chi connectivity index (χ1) is 15.3. The van der Waals surface area contributed by atoms with Crippen molar-refractivity contribution < 1.29 is 22.4 Å². The van der Waals surface area contributed by atoms with Crippen molar-refractivity contribution in [1.29, 1.82) is 0 Å². The van der Waals surface area contributed by atoms with E-state index in [1.165, 1.54) is 35.6 Å². The number of nitrogens with zero attached hydrogens (tertiary/aromatic N) is 1. The molecule has 1 aliphatic rings. The average molecular weight is 463 g/mol. The van der Waals surface area contributed by atoms with E-state index in [1.807, 2.05) is 30.3 Å². The van der Waals surface area contributed by atoms with Crippen molar-refractivity contribution in [2.75, 3.05) is 20.1 Å². The quantitative estimate of drug-likeness (QED) is 0.548. The highest BCUT2D eigenvalue weighted by Crippen LogP contribution is 2.14. The molecule has 0 bridgehead atoms. The lowest BCUT2D eigenvalue weighted by molar-refractivity contribution is -0.123. The van der Waals surface area contributed by atoms with Gasteiger partial charge < -0.3 is 10.6 Å². The summed E-state index contributed by atoms with van der Waals surface area (Å²) < 4.78 is 40.7. The van der Waals surface area contributed by atoms with Gasteiger partial charge in [-0.25, -0.2) is 9.11 Å². The Morgan fingerprint density at radius 3 is 2.28 bits per heavy atom. The third-order valence-corrected chi connectivity index (χ3v) is 6.97. The second-order valence-electron chi connectivity index (χ2n) is 7.61. The first-order valence-corrected chi connectivity index (χ1v) is 11.8. The Hall–Kier alpha value is -2.82. The van der Waals surface area contributed by atoms with E-state index >= 15 is 0 Å². The van der Waals surface area contributed by atoms with E-state index in [2.05, 4.69) is 15.4 Å². The van der Waals surface area contributed by atoms with Crippen LogP contribution in [0.1, 0.15) is 28.8 Å². The van der Waals surface area contributed by atoms with E-state index in [0.29, 0.717) is 25.9 Å². The van der Waals surface area contributed by atoms with Gasteiger partial charge in [-0.15, -0.1) is 0 Å². The summed E-state index contributed by atoms with van der Waals surface area (Å²) >= 11 is 0. The van der Waals surface area contributed by atoms with Gasteiger partial charge in [0, 0.05) is 38.2 Å². The molecule has 0 aliphatic carbocycles. The minimum atomic E-state index is -3.49. The molecule has 2 amide bonds. The van der Waals surface area contributed by atoms with Crippen LogP contribution in [0.4, 0.5) is 4.39 Å². The van der Waals surface area contributed by atoms with Gasteiger partial charge in [0.15, 0.2) is 0 Å². The number of rotatable bonds is 8. The molecule has 0 radical (unpaired) electrons. The van der Waals surface area contributed by atoms with E-state index in [-0.39, 0.29) is 23.9 Å². The monoisotopic (exact) mass is 462 g/mol. The van der Waals surface area contributed by atoms with Gasteiger partial charge in [0.2, 0.25) is 5.91 Å². The predicted molar refractivity (Wildman–Crippen MR) is 119 cm³/mol. The lowest BCUT2D eigenvalue weighted by atomic mass is 10.0. The van der Waals surface area contributed by atoms with Gasteiger partial charge in [0.05, 0.1) is 0 Å². The highest BCUT2D eigenvalue weighted by atomic mass is 32.2. The maximum atomic E-state index is 13.2. The van der Waals surface area contributed by atoms with E-state index in [4.69, 9.17) is 0 Å². The number of halogens is 1. The molecule has 0 unspecified atom stereocenters. The topological polar surface area (TPSA) is 108 Å². The first-order valence-electron chi connectivity index (χ1n) is 10.4. The van der Waals surface area contributed by atoms with Crippen LogP contribution in [0.25, 0.3) is 0 Å². The second-order valence-corrected chi connectivity index (χ2v) is 9.49. The Morgan fingerprint density at radius 1 is 1.06 bits per heavy atom. The summed E-state index contributed by atoms with van der Waals surface area (Å²) in [5.74, 6) is -1.28. The molecule has 172 valence electrons. The van der Waals surface area contributed by atoms with Crippen molar-refractivity contribution >= 4 is 22.0 Å². The number of hydrogen-bond acceptors (Lipinski definition) is 4. The van der Waals surface area contributed by atoms with Gasteiger partial charge in [-0.2, -0.15) is 12.7 Å². The average Bonchev–Trinajstić information content (AvgIpc) is 2.80. The fraction of sp³-hybridized carbons (Fsp3) is 0.364. The lowest BCUT2D eigenvalue weighted by Crippen LogP contribution is -2.54. The van der Waals surface area contributed by atoms with E-state index in [9.17, 15) is 22.4 Å². The largest absolute Gasteiger partial charge is 0.351 e. The molecular formula is C22H27FN4O4S. The van der Waals surface area contributed by atoms with Gasteiger partial charge in [-0.05, 0) is 42.7 Å². The van der Waals surface area contributed by atoms with E-state index in [0.717, 1.165) is 5.56 Å². The molecule has 32 heavy (non-hydrogen) atoms. The predicted octanol–water partition coefficient (Wildman–Crippen LogP) is 1.21. The molecule has 1 heterocycles. The Labute approximate surface area is 187 Å². The van der Waals surface area contributed by atoms with E-state index in [1.54, 1.807) is 0 Å². The number of carbonyl (C=O) groups is 2. The molecule has 1 aliphatic heterocycles. The Bertz CT molecular complexity index is 1020. The smallest absolute Gasteiger partial charge is 0.279 e. The van der Waals surface area contributed by atoms with Crippen LogP contribution in [-0.2, 0) is 21.4 Å². The zero-order chi connectivity index (χ0) is 23.1. The van der Waals surface area contributed by atoms with Gasteiger partial charge in [0.25, 0.3) is 16.1 Å². The van der Waals surface area contributed by atoms with Crippen molar-refractivity contribution in [1.82, 2.24) is 19.7 Å². The number of carbonyl (C=O) groups excluding carboxylic acids is 2. The number of hydrogen-bond donors (Lipinski definition) is 3. The van der Waals surface area contributed by atoms with Crippen LogP contribution in [0.5, 0.6) is 0 Å². The molecule has 2 aromatic rings. The molecule has 10 heteroatoms. The van der Waals surface area contributed by atoms with Crippen molar-refractivity contribution in [3.63, 3.8) is 0 Å². The highest BCUT2D eigenvalue weighted by molar-refractivity contribution is 7.87. The summed E-state index contributed by atoms with van der Waals surface area (Å²) in [7, 11) is -2.13. The Balaban J connectivity index is 1.66. The summed E-state index contributed by atoms with van der Waals surface area (Å²) in [6.07, 6.45) is 1.22. The standard InChI is InChI=1S/C22H27FN4O4S/c1-24-32(30,31)27-13-11-19(12-14-27)25-22(29)20(15-16-5-3-2-4-6-16)26-21(28)17-7-9-18(23)10-8-17/h2-10,19-20,24H,11-15H2,1H3,(H,25,29)(H,26,28)/t20-/m0/s1. The van der Waals surface area contributed by atoms with Gasteiger partial charge in [-0.3, -0.25) is 9.59 Å². The molecule has 8 nitrogen and oxygen atoms in total. The van der Waals surface area contributed by atoms with Crippen molar-refractivity contribution in [3.8, 4) is 0 Å². The first kappa shape index (κ1) is 23.8. The maximum Gasteiger partial charge on any atom is 0.279 e. The molecule has 0 spiro atoms. The molecular weight excluding hydrogens is 435 g/mol. The fourth-order valence-electron chi connectivity index (χ4n) is 3.57. The van der Waals surface area contributed by atoms with Crippen LogP contribution >= 0.6 is 0 Å². The van der Waals surface area contributed by atoms with Crippen LogP contribution in [0.2, 0.25) is 0 Å². The molecule has 0 saturated carbocycles. The summed E-state index contributed by atoms with van der Waals surface area (Å²) in [6.45, 7) is 0.582. The van der Waals surface area contributed by atoms with Crippen molar-refractivity contribution in [3.05, 3.63) is 71.5 Å². The molecule has 1 fully saturated rings. The summed E-state index contributed by atoms with van der Waals surface area (Å²) in [5, 5.41) is 5.68. The summed E-state index contributed by atoms with van der Waals surface area (Å²) in [5.41, 5.74) is 1.13. The van der Waals surface area contributed by atoms with Crippen molar-refractivity contribution in [2.45, 2.75) is 31.3 Å². The SMILES string of the molecule is CNS(=O)(=O)N1CCC(NC(=O)[C@H](Cc2ccccc2)NC(=O)c2ccc(F)cc2)CC1. The zero-order valence-electron chi connectivity index (χ0n) is 17.8. The molecule has 2 aromatic carbocycles. The Kier molecular flexibility index (Phi) is 7.94. The van der Waals surface area contributed by atoms with Crippen LogP contribution in [0, 0.1) is 5.82 Å². The summed E-state index contributed by atoms with van der Waals surface area (Å²) in [4.78, 5) is 25.7. The van der Waals surface area contributed by atoms with Gasteiger partial charge in [-0.1, -0.05) is 30.3 Å². The third-order valence-electron chi connectivity index (χ3n) is 5.41. The Morgan fingerprint density at radius 2 is 1.69 bits per heavy atom. The fourth-order valence-corrected chi connectivity index (χ4v) is 4.52. The summed E-state index contributed by atoms with van der Waals surface area (Å²) in [6, 6.07) is 13.4. The zero-order valence-corrected chi connectivity index (χ0v) is 18.6. The molecule has 1 atom stereocenters. The van der Waals surface area contributed by atoms with Crippen molar-refractivity contribution in [2.24, 2.45) is 0 Å². The number of nitrogens with one attached hydrogen (secondary N) is 3. The van der Waals surface area contributed by atoms with E-state index < -0.39 is 28.0 Å². The minimum absolute atomic E-state index is 0.202. The maximum absolute atomic E-state index is 13.2. The van der Waals surface area contributed by atoms with Crippen LogP contribution in [0.15, 0.2) is 54.6 Å². The molecule has 3 N–H and O–H groups in total. The highest BCUT2D eigenvalue weighted by Gasteiger charge is 2.30. The van der Waals surface area contributed by atoms with Crippen LogP contribution in [0.3, 0.4) is 0 Å². The number of benzene rings is 2. The minimum Gasteiger partial charge on any atom is -0.351 e. The molecule has 1 saturated heterocycles. The molecule has 0 aromatic heterocycles. The number of amides is 2. The lowest BCUT2D eigenvalue weighted by Gasteiger charge is -2.32. The van der Waals surface area contributed by atoms with Gasteiger partial charge in [0.1, 0.15) is 11.9 Å². The molecule has 3 rings (SSSR count). The third kappa shape index (κ3) is 6.35. The van der Waals surface area contributed by atoms with Gasteiger partial charge >= 0.3 is 0 Å². The second kappa shape index (κ2) is 10.7. The van der Waals surface area contributed by atoms with Crippen LogP contribution < -0.4 is 15.4 Å². The number of piperidine rings is 1. The normalized spacial score (nSPS) is 16.3.